The monoisotopic (exact) mass is 475 g/mol. The van der Waals surface area contributed by atoms with Crippen LogP contribution in [0.1, 0.15) is 56.0 Å². The van der Waals surface area contributed by atoms with Gasteiger partial charge in [-0.1, -0.05) is 31.4 Å². The first-order valence-electron chi connectivity index (χ1n) is 11.9. The molecule has 8 heteroatoms. The molecule has 3 heterocycles. The molecule has 3 aliphatic rings. The highest BCUT2D eigenvalue weighted by Crippen LogP contribution is 2.36. The van der Waals surface area contributed by atoms with Gasteiger partial charge in [-0.05, 0) is 75.2 Å². The summed E-state index contributed by atoms with van der Waals surface area (Å²) in [5, 5.41) is 16.5. The highest BCUT2D eigenvalue weighted by atomic mass is 32.2. The molecule has 1 N–H and O–H groups in total. The zero-order valence-corrected chi connectivity index (χ0v) is 20.6. The predicted octanol–water partition coefficient (Wildman–Crippen LogP) is 5.69. The highest BCUT2D eigenvalue weighted by Gasteiger charge is 2.38. The van der Waals surface area contributed by atoms with Gasteiger partial charge in [0.1, 0.15) is 10.8 Å². The number of aryl methyl sites for hydroxylation is 1. The number of hydrazone groups is 1. The van der Waals surface area contributed by atoms with Crippen LogP contribution in [0, 0.1) is 25.2 Å². The summed E-state index contributed by atoms with van der Waals surface area (Å²) < 4.78 is 7.96. The van der Waals surface area contributed by atoms with Gasteiger partial charge < -0.3 is 9.30 Å². The molecule has 0 unspecified atom stereocenters. The van der Waals surface area contributed by atoms with E-state index in [2.05, 4.69) is 9.56 Å². The molecule has 0 spiro atoms. The molecule has 7 nitrogen and oxygen atoms in total. The van der Waals surface area contributed by atoms with E-state index in [1.54, 1.807) is 6.08 Å². The number of amidine groups is 2. The number of thioether (sulfide) groups is 1. The van der Waals surface area contributed by atoms with E-state index in [1.165, 1.54) is 36.0 Å². The first-order chi connectivity index (χ1) is 16.5. The van der Waals surface area contributed by atoms with Gasteiger partial charge in [0.15, 0.2) is 5.84 Å². The van der Waals surface area contributed by atoms with Crippen molar-refractivity contribution in [3.63, 3.8) is 0 Å². The van der Waals surface area contributed by atoms with E-state index in [0.717, 1.165) is 46.3 Å². The Bertz CT molecular complexity index is 1250. The van der Waals surface area contributed by atoms with Crippen LogP contribution in [0.4, 0.5) is 0 Å². The Balaban J connectivity index is 1.48. The lowest BCUT2D eigenvalue weighted by atomic mass is 9.90. The third kappa shape index (κ3) is 4.00. The molecule has 34 heavy (non-hydrogen) atoms. The van der Waals surface area contributed by atoms with Crippen molar-refractivity contribution in [3.8, 4) is 11.4 Å². The van der Waals surface area contributed by atoms with E-state index in [4.69, 9.17) is 15.2 Å². The van der Waals surface area contributed by atoms with Crippen LogP contribution < -0.4 is 4.74 Å². The molecule has 1 aromatic heterocycles. The van der Waals surface area contributed by atoms with Gasteiger partial charge in [-0.2, -0.15) is 15.1 Å². The van der Waals surface area contributed by atoms with Gasteiger partial charge in [-0.25, -0.2) is 0 Å². The average molecular weight is 476 g/mol. The van der Waals surface area contributed by atoms with E-state index >= 15 is 0 Å². The molecule has 1 saturated carbocycles. The Morgan fingerprint density at radius 1 is 1.21 bits per heavy atom. The minimum atomic E-state index is -0.386. The molecule has 0 saturated heterocycles. The van der Waals surface area contributed by atoms with Gasteiger partial charge in [-0.15, -0.1) is 0 Å². The minimum absolute atomic E-state index is 0.0906. The SMILES string of the molecule is CCOc1ccccc1-n1c(C)cc(C=C2C(=N)N3N=C(C4CCCCC4)SC3=NC2=O)c1C. The van der Waals surface area contributed by atoms with Crippen LogP contribution in [-0.4, -0.2) is 38.1 Å². The fourth-order valence-corrected chi connectivity index (χ4v) is 5.96. The van der Waals surface area contributed by atoms with Crippen LogP contribution in [0.3, 0.4) is 0 Å². The largest absolute Gasteiger partial charge is 0.492 e. The number of carbonyl (C=O) groups excluding carboxylic acids is 1. The quantitative estimate of drug-likeness (QED) is 0.563. The molecule has 2 aromatic rings. The van der Waals surface area contributed by atoms with Gasteiger partial charge in [-0.3, -0.25) is 10.2 Å². The zero-order valence-electron chi connectivity index (χ0n) is 19.8. The fourth-order valence-electron chi connectivity index (χ4n) is 4.90. The predicted molar refractivity (Wildman–Crippen MR) is 138 cm³/mol. The van der Waals surface area contributed by atoms with Crippen molar-refractivity contribution >= 4 is 39.8 Å². The summed E-state index contributed by atoms with van der Waals surface area (Å²) in [4.78, 5) is 17.2. The lowest BCUT2D eigenvalue weighted by Crippen LogP contribution is -2.35. The molecule has 1 amide bonds. The third-order valence-corrected chi connectivity index (χ3v) is 7.67. The molecule has 1 aromatic carbocycles. The second-order valence-electron chi connectivity index (χ2n) is 8.86. The second-order valence-corrected chi connectivity index (χ2v) is 9.84. The lowest BCUT2D eigenvalue weighted by Gasteiger charge is -2.20. The number of ether oxygens (including phenoxy) is 1. The summed E-state index contributed by atoms with van der Waals surface area (Å²) in [6.07, 6.45) is 7.69. The fraction of sp³-hybridized carbons (Fsp3) is 0.385. The molecule has 0 bridgehead atoms. The highest BCUT2D eigenvalue weighted by molar-refractivity contribution is 8.27. The summed E-state index contributed by atoms with van der Waals surface area (Å²) in [7, 11) is 0. The minimum Gasteiger partial charge on any atom is -0.492 e. The normalized spacial score (nSPS) is 20.0. The number of aromatic nitrogens is 1. The number of carbonyl (C=O) groups is 1. The van der Waals surface area contributed by atoms with Crippen molar-refractivity contribution in [3.05, 3.63) is 52.9 Å². The number of rotatable bonds is 5. The number of para-hydroxylation sites is 2. The van der Waals surface area contributed by atoms with Crippen LogP contribution in [0.5, 0.6) is 5.75 Å². The van der Waals surface area contributed by atoms with Crippen molar-refractivity contribution in [2.75, 3.05) is 6.61 Å². The van der Waals surface area contributed by atoms with E-state index in [9.17, 15) is 4.79 Å². The number of amides is 1. The molecule has 5 rings (SSSR count). The number of fused-ring (bicyclic) bond motifs is 1. The topological polar surface area (TPSA) is 83.0 Å². The number of benzene rings is 1. The molecule has 176 valence electrons. The van der Waals surface area contributed by atoms with Crippen molar-refractivity contribution in [1.29, 1.82) is 5.41 Å². The Morgan fingerprint density at radius 2 is 1.97 bits per heavy atom. The second kappa shape index (κ2) is 9.25. The molecular weight excluding hydrogens is 446 g/mol. The first-order valence-corrected chi connectivity index (χ1v) is 12.7. The van der Waals surface area contributed by atoms with Gasteiger partial charge in [0, 0.05) is 17.3 Å². The number of aliphatic imine (C=N–C) groups is 1. The summed E-state index contributed by atoms with van der Waals surface area (Å²) in [6.45, 7) is 6.59. The molecule has 2 aliphatic heterocycles. The molecule has 0 atom stereocenters. The van der Waals surface area contributed by atoms with Crippen LogP contribution >= 0.6 is 11.8 Å². The lowest BCUT2D eigenvalue weighted by molar-refractivity contribution is -0.114. The van der Waals surface area contributed by atoms with Gasteiger partial charge in [0.2, 0.25) is 5.17 Å². The Hall–Kier alpha value is -3.13. The van der Waals surface area contributed by atoms with Gasteiger partial charge in [0.25, 0.3) is 5.91 Å². The first kappa shape index (κ1) is 22.7. The number of nitrogens with one attached hydrogen (secondary N) is 1. The molecular formula is C26H29N5O2S. The maximum absolute atomic E-state index is 12.9. The Labute approximate surface area is 204 Å². The Kier molecular flexibility index (Phi) is 6.16. The van der Waals surface area contributed by atoms with E-state index in [-0.39, 0.29) is 17.3 Å². The van der Waals surface area contributed by atoms with Crippen LogP contribution in [0.15, 0.2) is 46.0 Å². The number of hydrogen-bond donors (Lipinski definition) is 1. The summed E-state index contributed by atoms with van der Waals surface area (Å²) in [6, 6.07) is 9.95. The molecule has 0 radical (unpaired) electrons. The smallest absolute Gasteiger partial charge is 0.283 e. The van der Waals surface area contributed by atoms with Gasteiger partial charge in [0.05, 0.1) is 17.9 Å². The van der Waals surface area contributed by atoms with Crippen molar-refractivity contribution in [2.45, 2.75) is 52.9 Å². The maximum Gasteiger partial charge on any atom is 0.283 e. The maximum atomic E-state index is 12.9. The van der Waals surface area contributed by atoms with Crippen molar-refractivity contribution < 1.29 is 9.53 Å². The third-order valence-electron chi connectivity index (χ3n) is 6.60. The van der Waals surface area contributed by atoms with Gasteiger partial charge >= 0.3 is 0 Å². The van der Waals surface area contributed by atoms with E-state index < -0.39 is 0 Å². The molecule has 1 aliphatic carbocycles. The van der Waals surface area contributed by atoms with Crippen LogP contribution in [0.2, 0.25) is 0 Å². The van der Waals surface area contributed by atoms with Crippen LogP contribution in [-0.2, 0) is 4.79 Å². The Morgan fingerprint density at radius 3 is 2.74 bits per heavy atom. The summed E-state index contributed by atoms with van der Waals surface area (Å²) in [5.41, 5.74) is 4.07. The zero-order chi connectivity index (χ0) is 23.8. The van der Waals surface area contributed by atoms with Crippen molar-refractivity contribution in [2.24, 2.45) is 16.0 Å². The number of nitrogens with zero attached hydrogens (tertiary/aromatic N) is 4. The summed E-state index contributed by atoms with van der Waals surface area (Å²) in [5.74, 6) is 0.920. The van der Waals surface area contributed by atoms with E-state index in [1.807, 2.05) is 51.1 Å². The van der Waals surface area contributed by atoms with Crippen molar-refractivity contribution in [1.82, 2.24) is 9.58 Å². The average Bonchev–Trinajstić information content (AvgIpc) is 3.38. The van der Waals surface area contributed by atoms with Crippen LogP contribution in [0.25, 0.3) is 11.8 Å². The number of hydrogen-bond acceptors (Lipinski definition) is 5. The van der Waals surface area contributed by atoms with E-state index in [0.29, 0.717) is 17.7 Å². The standard InChI is InChI=1S/C26H29N5O2S/c1-4-33-22-13-9-8-12-21(22)30-16(2)14-19(17(30)3)15-20-23(27)31-26(28-24(20)32)34-25(29-31)18-10-6-5-7-11-18/h8-9,12-15,18,27H,4-7,10-11H2,1-3H3. The summed E-state index contributed by atoms with van der Waals surface area (Å²) >= 11 is 1.45. The molecule has 1 fully saturated rings.